The molecule has 1 aromatic heterocycles. The van der Waals surface area contributed by atoms with Crippen molar-refractivity contribution < 1.29 is 34.2 Å². The molecule has 5 atom stereocenters. The van der Waals surface area contributed by atoms with Crippen LogP contribution in [0.5, 0.6) is 0 Å². The van der Waals surface area contributed by atoms with Crippen molar-refractivity contribution in [3.05, 3.63) is 18.2 Å². The summed E-state index contributed by atoms with van der Waals surface area (Å²) in [6.07, 6.45) is 1.12. The number of hydrogen-bond acceptors (Lipinski definition) is 8. The number of aliphatic hydroxyl groups is 1. The van der Waals surface area contributed by atoms with Gasteiger partial charge in [0.1, 0.15) is 18.1 Å². The molecule has 0 aliphatic heterocycles. The standard InChI is InChI=1S/C18H29N7O7/c1-8(18(31)32)23-16(29)12(3-4-13(20)27)24-17(30)14(9(2)26)25-15(28)11(19)5-10-6-21-7-22-10/h6-9,11-12,14,26H,3-5,19H2,1-2H3,(H2,20,27)(H,21,22)(H,23,29)(H,24,30)(H,25,28)(H,31,32). The Morgan fingerprint density at radius 3 is 2.25 bits per heavy atom. The molecule has 14 nitrogen and oxygen atoms in total. The summed E-state index contributed by atoms with van der Waals surface area (Å²) >= 11 is 0. The summed E-state index contributed by atoms with van der Waals surface area (Å²) in [5.41, 5.74) is 11.5. The van der Waals surface area contributed by atoms with E-state index in [1.165, 1.54) is 26.4 Å². The molecule has 0 aliphatic carbocycles. The Balaban J connectivity index is 2.86. The number of rotatable bonds is 13. The molecule has 0 saturated carbocycles. The summed E-state index contributed by atoms with van der Waals surface area (Å²) in [5, 5.41) is 25.7. The van der Waals surface area contributed by atoms with E-state index in [9.17, 15) is 29.1 Å². The van der Waals surface area contributed by atoms with Crippen molar-refractivity contribution in [2.45, 2.75) is 63.4 Å². The molecule has 1 aromatic rings. The second-order valence-electron chi connectivity index (χ2n) is 7.25. The van der Waals surface area contributed by atoms with Crippen molar-refractivity contribution in [1.29, 1.82) is 0 Å². The quantitative estimate of drug-likeness (QED) is 0.147. The van der Waals surface area contributed by atoms with Crippen molar-refractivity contribution in [2.24, 2.45) is 11.5 Å². The maximum atomic E-state index is 12.7. The van der Waals surface area contributed by atoms with Gasteiger partial charge in [-0.2, -0.15) is 0 Å². The molecule has 178 valence electrons. The second-order valence-corrected chi connectivity index (χ2v) is 7.25. The van der Waals surface area contributed by atoms with E-state index in [1.54, 1.807) is 0 Å². The summed E-state index contributed by atoms with van der Waals surface area (Å²) < 4.78 is 0. The number of aliphatic carboxylic acids is 1. The third-order valence-corrected chi connectivity index (χ3v) is 4.44. The zero-order valence-corrected chi connectivity index (χ0v) is 17.7. The summed E-state index contributed by atoms with van der Waals surface area (Å²) in [7, 11) is 0. The summed E-state index contributed by atoms with van der Waals surface area (Å²) in [5.74, 6) is -4.60. The number of imidazole rings is 1. The van der Waals surface area contributed by atoms with E-state index in [-0.39, 0.29) is 19.3 Å². The van der Waals surface area contributed by atoms with Crippen LogP contribution >= 0.6 is 0 Å². The van der Waals surface area contributed by atoms with Gasteiger partial charge in [-0.25, -0.2) is 4.98 Å². The Morgan fingerprint density at radius 1 is 1.09 bits per heavy atom. The minimum absolute atomic E-state index is 0.0939. The molecule has 14 heteroatoms. The Kier molecular flexibility index (Phi) is 10.2. The van der Waals surface area contributed by atoms with Crippen LogP contribution in [0.1, 0.15) is 32.4 Å². The smallest absolute Gasteiger partial charge is 0.325 e. The minimum atomic E-state index is -1.48. The normalized spacial score (nSPS) is 15.5. The Labute approximate surface area is 183 Å². The molecule has 0 radical (unpaired) electrons. The molecule has 0 bridgehead atoms. The highest BCUT2D eigenvalue weighted by Crippen LogP contribution is 2.03. The lowest BCUT2D eigenvalue weighted by Crippen LogP contribution is -2.59. The molecule has 0 saturated heterocycles. The number of aromatic nitrogens is 2. The number of carbonyl (C=O) groups is 5. The predicted molar refractivity (Wildman–Crippen MR) is 109 cm³/mol. The molecule has 32 heavy (non-hydrogen) atoms. The van der Waals surface area contributed by atoms with Crippen LogP contribution in [-0.2, 0) is 30.4 Å². The lowest BCUT2D eigenvalue weighted by Gasteiger charge is -2.26. The number of nitrogens with zero attached hydrogens (tertiary/aromatic N) is 1. The number of H-pyrrole nitrogens is 1. The topological polar surface area (TPSA) is 243 Å². The van der Waals surface area contributed by atoms with E-state index >= 15 is 0 Å². The van der Waals surface area contributed by atoms with Crippen LogP contribution in [0.2, 0.25) is 0 Å². The van der Waals surface area contributed by atoms with E-state index in [0.29, 0.717) is 5.69 Å². The number of hydrogen-bond donors (Lipinski definition) is 8. The highest BCUT2D eigenvalue weighted by molar-refractivity contribution is 5.94. The van der Waals surface area contributed by atoms with Crippen molar-refractivity contribution in [1.82, 2.24) is 25.9 Å². The van der Waals surface area contributed by atoms with Gasteiger partial charge in [0, 0.05) is 24.7 Å². The van der Waals surface area contributed by atoms with Gasteiger partial charge in [0.05, 0.1) is 18.5 Å². The maximum Gasteiger partial charge on any atom is 0.325 e. The average molecular weight is 455 g/mol. The molecular weight excluding hydrogens is 426 g/mol. The predicted octanol–water partition coefficient (Wildman–Crippen LogP) is -3.52. The minimum Gasteiger partial charge on any atom is -0.480 e. The molecule has 0 spiro atoms. The maximum absolute atomic E-state index is 12.7. The zero-order valence-electron chi connectivity index (χ0n) is 17.7. The van der Waals surface area contributed by atoms with Gasteiger partial charge in [-0.3, -0.25) is 24.0 Å². The van der Waals surface area contributed by atoms with Gasteiger partial charge >= 0.3 is 5.97 Å². The number of nitrogens with one attached hydrogen (secondary N) is 4. The lowest BCUT2D eigenvalue weighted by molar-refractivity contribution is -0.142. The average Bonchev–Trinajstić information content (AvgIpc) is 3.21. The van der Waals surface area contributed by atoms with Gasteiger partial charge in [0.15, 0.2) is 0 Å². The van der Waals surface area contributed by atoms with Gasteiger partial charge in [0.25, 0.3) is 0 Å². The van der Waals surface area contributed by atoms with Crippen LogP contribution in [-0.4, -0.2) is 80.1 Å². The van der Waals surface area contributed by atoms with Crippen LogP contribution < -0.4 is 27.4 Å². The molecule has 5 unspecified atom stereocenters. The van der Waals surface area contributed by atoms with Gasteiger partial charge < -0.3 is 42.6 Å². The number of carbonyl (C=O) groups excluding carboxylic acids is 4. The number of carboxylic acid groups (broad SMARTS) is 1. The van der Waals surface area contributed by atoms with Crippen molar-refractivity contribution >= 4 is 29.6 Å². The largest absolute Gasteiger partial charge is 0.480 e. The first-order valence-corrected chi connectivity index (χ1v) is 9.75. The molecule has 0 fully saturated rings. The fourth-order valence-electron chi connectivity index (χ4n) is 2.58. The molecule has 1 heterocycles. The van der Waals surface area contributed by atoms with Gasteiger partial charge in [-0.1, -0.05) is 0 Å². The number of aromatic amines is 1. The molecule has 10 N–H and O–H groups in total. The summed E-state index contributed by atoms with van der Waals surface area (Å²) in [4.78, 5) is 66.1. The van der Waals surface area contributed by atoms with Crippen molar-refractivity contribution in [2.75, 3.05) is 0 Å². The van der Waals surface area contributed by atoms with Crippen LogP contribution in [0.15, 0.2) is 12.5 Å². The highest BCUT2D eigenvalue weighted by Gasteiger charge is 2.32. The third kappa shape index (κ3) is 8.69. The number of primary amides is 1. The van der Waals surface area contributed by atoms with E-state index in [1.807, 2.05) is 0 Å². The zero-order chi connectivity index (χ0) is 24.4. The van der Waals surface area contributed by atoms with E-state index < -0.39 is 59.9 Å². The Morgan fingerprint density at radius 2 is 1.75 bits per heavy atom. The van der Waals surface area contributed by atoms with Crippen molar-refractivity contribution in [3.63, 3.8) is 0 Å². The third-order valence-electron chi connectivity index (χ3n) is 4.44. The number of nitrogens with two attached hydrogens (primary N) is 2. The second kappa shape index (κ2) is 12.4. The summed E-state index contributed by atoms with van der Waals surface area (Å²) in [6.45, 7) is 2.46. The van der Waals surface area contributed by atoms with Gasteiger partial charge in [0.2, 0.25) is 23.6 Å². The first-order chi connectivity index (χ1) is 14.9. The fraction of sp³-hybridized carbons (Fsp3) is 0.556. The molecule has 0 aromatic carbocycles. The fourth-order valence-corrected chi connectivity index (χ4v) is 2.58. The number of aliphatic hydroxyl groups excluding tert-OH is 1. The first-order valence-electron chi connectivity index (χ1n) is 9.75. The highest BCUT2D eigenvalue weighted by atomic mass is 16.4. The van der Waals surface area contributed by atoms with Crippen LogP contribution in [0, 0.1) is 0 Å². The number of carboxylic acids is 1. The number of amides is 4. The van der Waals surface area contributed by atoms with Crippen LogP contribution in [0.3, 0.4) is 0 Å². The molecule has 0 aliphatic rings. The monoisotopic (exact) mass is 455 g/mol. The first kappa shape index (κ1) is 26.5. The molecule has 1 rings (SSSR count). The lowest BCUT2D eigenvalue weighted by atomic mass is 10.1. The molecular formula is C18H29N7O7. The van der Waals surface area contributed by atoms with E-state index in [2.05, 4.69) is 25.9 Å². The van der Waals surface area contributed by atoms with E-state index in [4.69, 9.17) is 16.6 Å². The Bertz CT molecular complexity index is 813. The molecule has 4 amide bonds. The van der Waals surface area contributed by atoms with Crippen LogP contribution in [0.4, 0.5) is 0 Å². The Hall–Kier alpha value is -3.52. The SMILES string of the molecule is CC(NC(=O)C(CCC(N)=O)NC(=O)C(NC(=O)C(N)Cc1cnc[nH]1)C(C)O)C(=O)O. The van der Waals surface area contributed by atoms with E-state index in [0.717, 1.165) is 0 Å². The van der Waals surface area contributed by atoms with Crippen molar-refractivity contribution in [3.8, 4) is 0 Å². The van der Waals surface area contributed by atoms with Gasteiger partial charge in [-0.15, -0.1) is 0 Å². The van der Waals surface area contributed by atoms with Gasteiger partial charge in [-0.05, 0) is 20.3 Å². The van der Waals surface area contributed by atoms with Crippen LogP contribution in [0.25, 0.3) is 0 Å². The summed E-state index contributed by atoms with van der Waals surface area (Å²) in [6, 6.07) is -5.14.